The molecule has 0 aromatic heterocycles. The fourth-order valence-electron chi connectivity index (χ4n) is 3.78. The third kappa shape index (κ3) is 10.6. The third-order valence-corrected chi connectivity index (χ3v) is 11.6. The summed E-state index contributed by atoms with van der Waals surface area (Å²) in [5, 5.41) is 0. The lowest BCUT2D eigenvalue weighted by molar-refractivity contribution is -0.123. The minimum Gasteiger partial charge on any atom is -0.377 e. The molecule has 32 heavy (non-hydrogen) atoms. The fraction of sp³-hybridized carbons (Fsp3) is 0.905. The molecule has 0 saturated heterocycles. The van der Waals surface area contributed by atoms with E-state index in [4.69, 9.17) is 26.6 Å². The Labute approximate surface area is 196 Å². The van der Waals surface area contributed by atoms with Crippen molar-refractivity contribution in [1.29, 1.82) is 0 Å². The minimum absolute atomic E-state index is 0.109. The molecule has 0 saturated carbocycles. The van der Waals surface area contributed by atoms with Crippen LogP contribution in [-0.2, 0) is 36.1 Å². The van der Waals surface area contributed by atoms with Gasteiger partial charge in [0, 0.05) is 92.5 Å². The molecular formula is C21H45NO8Si2. The van der Waals surface area contributed by atoms with Gasteiger partial charge in [0.05, 0.1) is 0 Å². The molecule has 0 heterocycles. The van der Waals surface area contributed by atoms with E-state index in [2.05, 4.69) is 4.90 Å². The molecule has 0 fully saturated rings. The Kier molecular flexibility index (Phi) is 15.9. The smallest absolute Gasteiger partial charge is 0.377 e. The van der Waals surface area contributed by atoms with E-state index in [9.17, 15) is 9.59 Å². The van der Waals surface area contributed by atoms with Gasteiger partial charge in [-0.1, -0.05) is 13.8 Å². The fourth-order valence-corrected chi connectivity index (χ4v) is 7.22. The number of carbonyl (C=O) groups excluding carboxylic acids is 2. The largest absolute Gasteiger partial charge is 0.500 e. The van der Waals surface area contributed by atoms with Crippen molar-refractivity contribution < 1.29 is 36.1 Å². The molecule has 0 spiro atoms. The van der Waals surface area contributed by atoms with E-state index in [0.29, 0.717) is 50.9 Å². The standard InChI is InChI=1S/C21H45NO8Si2/c1-18(20(23)12-10-14-31(25-4,26-5)27-6)16-22(3)17-19(2)21(24)13-11-15-32(28-7,29-8)30-9/h18-19H,10-17H2,1-9H3. The Hall–Kier alpha value is -0.506. The predicted octanol–water partition coefficient (Wildman–Crippen LogP) is 2.65. The molecule has 2 unspecified atom stereocenters. The van der Waals surface area contributed by atoms with Crippen LogP contribution in [0.4, 0.5) is 0 Å². The summed E-state index contributed by atoms with van der Waals surface area (Å²) in [6.45, 7) is 5.10. The zero-order chi connectivity index (χ0) is 24.8. The van der Waals surface area contributed by atoms with Crippen molar-refractivity contribution in [3.63, 3.8) is 0 Å². The summed E-state index contributed by atoms with van der Waals surface area (Å²) in [5.41, 5.74) is 0. The van der Waals surface area contributed by atoms with E-state index in [0.717, 1.165) is 0 Å². The number of rotatable bonds is 20. The molecule has 190 valence electrons. The Balaban J connectivity index is 4.39. The maximum atomic E-state index is 12.5. The summed E-state index contributed by atoms with van der Waals surface area (Å²) in [7, 11) is 6.13. The van der Waals surface area contributed by atoms with Crippen LogP contribution in [-0.4, -0.2) is 96.9 Å². The molecule has 0 aliphatic heterocycles. The summed E-state index contributed by atoms with van der Waals surface area (Å²) in [4.78, 5) is 27.1. The van der Waals surface area contributed by atoms with Gasteiger partial charge in [-0.15, -0.1) is 0 Å². The molecule has 0 aromatic carbocycles. The van der Waals surface area contributed by atoms with Gasteiger partial charge in [0.2, 0.25) is 0 Å². The highest BCUT2D eigenvalue weighted by Crippen LogP contribution is 2.19. The number of carbonyl (C=O) groups is 2. The van der Waals surface area contributed by atoms with Crippen molar-refractivity contribution in [2.75, 3.05) is 62.8 Å². The molecule has 0 radical (unpaired) electrons. The van der Waals surface area contributed by atoms with E-state index in [-0.39, 0.29) is 23.4 Å². The van der Waals surface area contributed by atoms with E-state index in [1.165, 1.54) is 0 Å². The Bertz CT molecular complexity index is 481. The van der Waals surface area contributed by atoms with E-state index in [1.807, 2.05) is 20.9 Å². The first-order chi connectivity index (χ1) is 15.1. The Morgan fingerprint density at radius 2 is 0.938 bits per heavy atom. The lowest BCUT2D eigenvalue weighted by Crippen LogP contribution is -2.42. The van der Waals surface area contributed by atoms with Gasteiger partial charge in [0.25, 0.3) is 0 Å². The van der Waals surface area contributed by atoms with Crippen LogP contribution in [0.5, 0.6) is 0 Å². The molecule has 0 N–H and O–H groups in total. The van der Waals surface area contributed by atoms with Gasteiger partial charge in [-0.3, -0.25) is 9.59 Å². The van der Waals surface area contributed by atoms with Crippen LogP contribution in [0.1, 0.15) is 39.5 Å². The molecule has 9 nitrogen and oxygen atoms in total. The van der Waals surface area contributed by atoms with Gasteiger partial charge >= 0.3 is 17.6 Å². The summed E-state index contributed by atoms with van der Waals surface area (Å²) >= 11 is 0. The van der Waals surface area contributed by atoms with E-state index >= 15 is 0 Å². The zero-order valence-electron chi connectivity index (χ0n) is 21.5. The van der Waals surface area contributed by atoms with Gasteiger partial charge in [0.15, 0.2) is 0 Å². The second-order valence-electron chi connectivity index (χ2n) is 8.25. The normalized spacial score (nSPS) is 14.6. The molecular weight excluding hydrogens is 450 g/mol. The van der Waals surface area contributed by atoms with Gasteiger partial charge < -0.3 is 31.5 Å². The van der Waals surface area contributed by atoms with Gasteiger partial charge in [-0.05, 0) is 19.9 Å². The zero-order valence-corrected chi connectivity index (χ0v) is 23.5. The predicted molar refractivity (Wildman–Crippen MR) is 127 cm³/mol. The molecule has 11 heteroatoms. The van der Waals surface area contributed by atoms with Crippen molar-refractivity contribution in [3.05, 3.63) is 0 Å². The van der Waals surface area contributed by atoms with Gasteiger partial charge in [-0.25, -0.2) is 0 Å². The Morgan fingerprint density at radius 3 is 1.19 bits per heavy atom. The van der Waals surface area contributed by atoms with E-state index < -0.39 is 17.6 Å². The van der Waals surface area contributed by atoms with Crippen molar-refractivity contribution >= 4 is 29.2 Å². The van der Waals surface area contributed by atoms with Crippen molar-refractivity contribution in [2.24, 2.45) is 11.8 Å². The summed E-state index contributed by atoms with van der Waals surface area (Å²) < 4.78 is 32.4. The maximum Gasteiger partial charge on any atom is 0.500 e. The van der Waals surface area contributed by atoms with Crippen LogP contribution in [0.2, 0.25) is 12.1 Å². The monoisotopic (exact) mass is 495 g/mol. The number of hydrogen-bond acceptors (Lipinski definition) is 9. The first-order valence-electron chi connectivity index (χ1n) is 11.1. The van der Waals surface area contributed by atoms with Crippen molar-refractivity contribution in [2.45, 2.75) is 51.6 Å². The molecule has 0 bridgehead atoms. The second kappa shape index (κ2) is 16.2. The number of Topliss-reactive ketones (excluding diaryl/α,β-unsaturated/α-hetero) is 2. The Morgan fingerprint density at radius 1 is 0.656 bits per heavy atom. The van der Waals surface area contributed by atoms with E-state index in [1.54, 1.807) is 42.7 Å². The SMILES string of the molecule is CO[Si](CCCC(=O)C(C)CN(C)CC(C)C(=O)CCC[Si](OC)(OC)OC)(OC)OC. The quantitative estimate of drug-likeness (QED) is 0.236. The molecule has 0 rings (SSSR count). The first-order valence-corrected chi connectivity index (χ1v) is 15.0. The molecule has 0 aromatic rings. The minimum atomic E-state index is -2.64. The lowest BCUT2D eigenvalue weighted by Gasteiger charge is -2.26. The van der Waals surface area contributed by atoms with Crippen LogP contribution in [0.3, 0.4) is 0 Å². The van der Waals surface area contributed by atoms with Gasteiger partial charge in [-0.2, -0.15) is 0 Å². The van der Waals surface area contributed by atoms with Crippen LogP contribution < -0.4 is 0 Å². The lowest BCUT2D eigenvalue weighted by atomic mass is 9.99. The molecule has 0 aliphatic rings. The van der Waals surface area contributed by atoms with Crippen LogP contribution in [0, 0.1) is 11.8 Å². The highest BCUT2D eigenvalue weighted by atomic mass is 28.4. The van der Waals surface area contributed by atoms with Crippen molar-refractivity contribution in [1.82, 2.24) is 4.90 Å². The summed E-state index contributed by atoms with van der Waals surface area (Å²) in [6.07, 6.45) is 2.24. The molecule has 0 amide bonds. The van der Waals surface area contributed by atoms with Crippen molar-refractivity contribution in [3.8, 4) is 0 Å². The summed E-state index contributed by atoms with van der Waals surface area (Å²) in [6, 6.07) is 1.21. The number of hydrogen-bond donors (Lipinski definition) is 0. The average molecular weight is 496 g/mol. The molecule has 0 aliphatic carbocycles. The number of nitrogens with zero attached hydrogens (tertiary/aromatic N) is 1. The van der Waals surface area contributed by atoms with Crippen LogP contribution in [0.25, 0.3) is 0 Å². The topological polar surface area (TPSA) is 92.8 Å². The van der Waals surface area contributed by atoms with Crippen LogP contribution in [0.15, 0.2) is 0 Å². The third-order valence-electron chi connectivity index (χ3n) is 5.95. The highest BCUT2D eigenvalue weighted by Gasteiger charge is 2.38. The highest BCUT2D eigenvalue weighted by molar-refractivity contribution is 6.60. The second-order valence-corrected chi connectivity index (χ2v) is 14.4. The average Bonchev–Trinajstić information content (AvgIpc) is 2.79. The molecule has 2 atom stereocenters. The van der Waals surface area contributed by atoms with Gasteiger partial charge in [0.1, 0.15) is 11.6 Å². The maximum absolute atomic E-state index is 12.5. The first kappa shape index (κ1) is 31.5. The number of ketones is 2. The summed E-state index contributed by atoms with van der Waals surface area (Å²) in [5.74, 6) is 0.175. The van der Waals surface area contributed by atoms with Crippen LogP contribution >= 0.6 is 0 Å².